The van der Waals surface area contributed by atoms with Gasteiger partial charge in [0.25, 0.3) is 0 Å². The maximum atomic E-state index is 2.40. The predicted molar refractivity (Wildman–Crippen MR) is 48.3 cm³/mol. The van der Waals surface area contributed by atoms with Crippen molar-refractivity contribution in [3.05, 3.63) is 0 Å². The Morgan fingerprint density at radius 3 is 2.27 bits per heavy atom. The predicted octanol–water partition coefficient (Wildman–Crippen LogP) is 3.32. The Balaban J connectivity index is 1.98. The highest BCUT2D eigenvalue weighted by Crippen LogP contribution is 2.61. The van der Waals surface area contributed by atoms with Gasteiger partial charge in [-0.1, -0.05) is 27.2 Å². The largest absolute Gasteiger partial charge is 0.0651 e. The average Bonchev–Trinajstić information content (AvgIpc) is 2.65. The molecule has 2 fully saturated rings. The number of rotatable bonds is 2. The van der Waals surface area contributed by atoms with Crippen molar-refractivity contribution in [3.8, 4) is 0 Å². The highest BCUT2D eigenvalue weighted by Gasteiger charge is 2.53. The van der Waals surface area contributed by atoms with Crippen LogP contribution in [0.25, 0.3) is 0 Å². The summed E-state index contributed by atoms with van der Waals surface area (Å²) in [6, 6.07) is 0. The summed E-state index contributed by atoms with van der Waals surface area (Å²) in [5.74, 6) is 5.45. The van der Waals surface area contributed by atoms with Crippen molar-refractivity contribution in [3.63, 3.8) is 0 Å². The summed E-state index contributed by atoms with van der Waals surface area (Å²) in [6.45, 7) is 7.17. The zero-order valence-corrected chi connectivity index (χ0v) is 8.01. The third-order valence-electron chi connectivity index (χ3n) is 4.00. The monoisotopic (exact) mass is 152 g/mol. The van der Waals surface area contributed by atoms with Crippen molar-refractivity contribution in [1.29, 1.82) is 0 Å². The first-order valence-corrected chi connectivity index (χ1v) is 5.24. The molecule has 0 bridgehead atoms. The van der Waals surface area contributed by atoms with Gasteiger partial charge in [0.05, 0.1) is 0 Å². The van der Waals surface area contributed by atoms with Crippen LogP contribution >= 0.6 is 0 Å². The molecule has 11 heavy (non-hydrogen) atoms. The van der Waals surface area contributed by atoms with Crippen molar-refractivity contribution in [2.45, 2.75) is 40.0 Å². The van der Waals surface area contributed by atoms with Crippen LogP contribution in [0.2, 0.25) is 0 Å². The molecule has 0 heteroatoms. The van der Waals surface area contributed by atoms with Crippen molar-refractivity contribution in [1.82, 2.24) is 0 Å². The first-order valence-electron chi connectivity index (χ1n) is 5.24. The Hall–Kier alpha value is 0. The molecule has 4 atom stereocenters. The summed E-state index contributed by atoms with van der Waals surface area (Å²) in [4.78, 5) is 0. The van der Waals surface area contributed by atoms with E-state index in [0.29, 0.717) is 0 Å². The minimum atomic E-state index is 0.946. The van der Waals surface area contributed by atoms with Gasteiger partial charge in [-0.05, 0) is 42.4 Å². The van der Waals surface area contributed by atoms with Crippen LogP contribution in [0.3, 0.4) is 0 Å². The van der Waals surface area contributed by atoms with Crippen LogP contribution in [-0.4, -0.2) is 0 Å². The van der Waals surface area contributed by atoms with E-state index in [9.17, 15) is 0 Å². The molecule has 0 radical (unpaired) electrons. The molecular weight excluding hydrogens is 132 g/mol. The van der Waals surface area contributed by atoms with Gasteiger partial charge < -0.3 is 0 Å². The van der Waals surface area contributed by atoms with Crippen LogP contribution in [0.15, 0.2) is 0 Å². The minimum absolute atomic E-state index is 0.946. The number of fused-ring (bicyclic) bond motifs is 1. The molecule has 0 nitrogen and oxygen atoms in total. The lowest BCUT2D eigenvalue weighted by molar-refractivity contribution is 0.322. The zero-order valence-electron chi connectivity index (χ0n) is 8.01. The van der Waals surface area contributed by atoms with E-state index in [1.54, 1.807) is 12.8 Å². The van der Waals surface area contributed by atoms with Gasteiger partial charge >= 0.3 is 0 Å². The average molecular weight is 152 g/mol. The molecule has 0 spiro atoms. The fourth-order valence-electron chi connectivity index (χ4n) is 3.21. The third kappa shape index (κ3) is 1.11. The minimum Gasteiger partial charge on any atom is -0.0651 e. The fraction of sp³-hybridized carbons (Fsp3) is 1.00. The van der Waals surface area contributed by atoms with E-state index >= 15 is 0 Å². The molecule has 0 saturated heterocycles. The molecule has 2 aliphatic rings. The van der Waals surface area contributed by atoms with Crippen molar-refractivity contribution >= 4 is 0 Å². The van der Waals surface area contributed by atoms with Crippen LogP contribution in [0.5, 0.6) is 0 Å². The smallest absolute Gasteiger partial charge is 0.0349 e. The molecule has 0 N–H and O–H groups in total. The highest BCUT2D eigenvalue weighted by molar-refractivity contribution is 5.02. The lowest BCUT2D eigenvalue weighted by Crippen LogP contribution is -2.09. The normalized spacial score (nSPS) is 48.0. The second-order valence-electron chi connectivity index (χ2n) is 4.88. The molecule has 0 amide bonds. The van der Waals surface area contributed by atoms with Gasteiger partial charge in [-0.2, -0.15) is 0 Å². The molecule has 2 aliphatic carbocycles. The topological polar surface area (TPSA) is 0 Å². The Morgan fingerprint density at radius 1 is 1.18 bits per heavy atom. The summed E-state index contributed by atoms with van der Waals surface area (Å²) in [5.41, 5.74) is 0. The van der Waals surface area contributed by atoms with Gasteiger partial charge in [0.1, 0.15) is 0 Å². The molecule has 0 aliphatic heterocycles. The SMILES string of the molecule is CCC1CC(C(C)C)C2CC12. The Morgan fingerprint density at radius 2 is 1.91 bits per heavy atom. The maximum Gasteiger partial charge on any atom is -0.0349 e. The van der Waals surface area contributed by atoms with Gasteiger partial charge in [-0.15, -0.1) is 0 Å². The fourth-order valence-corrected chi connectivity index (χ4v) is 3.21. The lowest BCUT2D eigenvalue weighted by Gasteiger charge is -2.18. The van der Waals surface area contributed by atoms with Crippen molar-refractivity contribution < 1.29 is 0 Å². The van der Waals surface area contributed by atoms with Crippen LogP contribution in [-0.2, 0) is 0 Å². The Labute approximate surface area is 70.4 Å². The molecule has 2 rings (SSSR count). The van der Waals surface area contributed by atoms with E-state index in [1.807, 2.05) is 0 Å². The third-order valence-corrected chi connectivity index (χ3v) is 4.00. The van der Waals surface area contributed by atoms with Gasteiger partial charge in [-0.25, -0.2) is 0 Å². The molecule has 0 aromatic heterocycles. The molecule has 2 saturated carbocycles. The van der Waals surface area contributed by atoms with Gasteiger partial charge in [0, 0.05) is 0 Å². The second kappa shape index (κ2) is 2.50. The Kier molecular flexibility index (Phi) is 1.74. The van der Waals surface area contributed by atoms with Crippen molar-refractivity contribution in [2.24, 2.45) is 29.6 Å². The second-order valence-corrected chi connectivity index (χ2v) is 4.88. The first-order chi connectivity index (χ1) is 5.24. The van der Waals surface area contributed by atoms with Gasteiger partial charge in [-0.3, -0.25) is 0 Å². The van der Waals surface area contributed by atoms with Gasteiger partial charge in [0.15, 0.2) is 0 Å². The zero-order chi connectivity index (χ0) is 8.01. The molecule has 64 valence electrons. The van der Waals surface area contributed by atoms with Crippen LogP contribution < -0.4 is 0 Å². The molecule has 4 unspecified atom stereocenters. The number of hydrogen-bond donors (Lipinski definition) is 0. The van der Waals surface area contributed by atoms with Crippen molar-refractivity contribution in [2.75, 3.05) is 0 Å². The highest BCUT2D eigenvalue weighted by atomic mass is 14.6. The summed E-state index contributed by atoms with van der Waals surface area (Å²) in [5, 5.41) is 0. The van der Waals surface area contributed by atoms with E-state index in [4.69, 9.17) is 0 Å². The summed E-state index contributed by atoms with van der Waals surface area (Å²) in [7, 11) is 0. The van der Waals surface area contributed by atoms with E-state index < -0.39 is 0 Å². The van der Waals surface area contributed by atoms with E-state index in [-0.39, 0.29) is 0 Å². The molecule has 0 aromatic carbocycles. The summed E-state index contributed by atoms with van der Waals surface area (Å²) in [6.07, 6.45) is 4.55. The Bertz CT molecular complexity index is 148. The molecule has 0 heterocycles. The van der Waals surface area contributed by atoms with Crippen LogP contribution in [0, 0.1) is 29.6 Å². The lowest BCUT2D eigenvalue weighted by atomic mass is 9.88. The quantitative estimate of drug-likeness (QED) is 0.569. The van der Waals surface area contributed by atoms with Crippen LogP contribution in [0.4, 0.5) is 0 Å². The maximum absolute atomic E-state index is 2.40. The molecule has 0 aromatic rings. The summed E-state index contributed by atoms with van der Waals surface area (Å²) >= 11 is 0. The van der Waals surface area contributed by atoms with E-state index in [2.05, 4.69) is 20.8 Å². The van der Waals surface area contributed by atoms with Crippen LogP contribution in [0.1, 0.15) is 40.0 Å². The van der Waals surface area contributed by atoms with Gasteiger partial charge in [0.2, 0.25) is 0 Å². The molecular formula is C11H20. The number of hydrogen-bond acceptors (Lipinski definition) is 0. The summed E-state index contributed by atoms with van der Waals surface area (Å²) < 4.78 is 0. The first kappa shape index (κ1) is 7.64. The van der Waals surface area contributed by atoms with E-state index in [1.165, 1.54) is 6.42 Å². The standard InChI is InChI=1S/C11H20/c1-4-8-5-9(7(2)3)11-6-10(8)11/h7-11H,4-6H2,1-3H3. The van der Waals surface area contributed by atoms with E-state index in [0.717, 1.165) is 29.6 Å².